The molecule has 2 aliphatic heterocycles. The van der Waals surface area contributed by atoms with E-state index in [1.54, 1.807) is 50.2 Å². The molecule has 4 aromatic heterocycles. The number of rotatable bonds is 18. The molecule has 428 valence electrons. The van der Waals surface area contributed by atoms with Gasteiger partial charge < -0.3 is 29.6 Å². The normalized spacial score (nSPS) is 14.3. The van der Waals surface area contributed by atoms with Crippen LogP contribution in [0.4, 0.5) is 20.2 Å². The molecule has 2 amide bonds. The fourth-order valence-electron chi connectivity index (χ4n) is 8.50. The molecule has 2 aliphatic rings. The summed E-state index contributed by atoms with van der Waals surface area (Å²) in [6.45, 7) is 5.62. The number of fused-ring (bicyclic) bond motifs is 2. The predicted octanol–water partition coefficient (Wildman–Crippen LogP) is 6.42. The summed E-state index contributed by atoms with van der Waals surface area (Å²) in [5, 5.41) is 5.80. The van der Waals surface area contributed by atoms with Crippen molar-refractivity contribution in [1.82, 2.24) is 39.7 Å². The van der Waals surface area contributed by atoms with Crippen molar-refractivity contribution in [3.8, 4) is 34.0 Å². The molecule has 0 bridgehead atoms. The number of pyridine rings is 2. The van der Waals surface area contributed by atoms with E-state index < -0.39 is 43.5 Å². The second kappa shape index (κ2) is 24.5. The summed E-state index contributed by atoms with van der Waals surface area (Å²) in [6.07, 6.45) is 5.74. The van der Waals surface area contributed by atoms with Gasteiger partial charge in [-0.25, -0.2) is 45.6 Å². The van der Waals surface area contributed by atoms with Gasteiger partial charge in [0.15, 0.2) is 0 Å². The van der Waals surface area contributed by atoms with Crippen molar-refractivity contribution in [2.75, 3.05) is 50.1 Å². The van der Waals surface area contributed by atoms with Crippen LogP contribution in [0.15, 0.2) is 129 Å². The van der Waals surface area contributed by atoms with E-state index in [9.17, 15) is 44.8 Å². The Morgan fingerprint density at radius 1 is 0.598 bits per heavy atom. The molecule has 82 heavy (non-hydrogen) atoms. The molecule has 28 heteroatoms. The predicted molar refractivity (Wildman–Crippen MR) is 300 cm³/mol. The van der Waals surface area contributed by atoms with Crippen LogP contribution in [0.5, 0.6) is 11.8 Å². The number of anilines is 2. The number of carbonyl (C=O) groups excluding carboxylic acids is 2. The number of halogens is 4. The molecule has 4 aromatic carbocycles. The average molecular weight is 1200 g/mol. The number of amides is 2. The molecule has 0 radical (unpaired) electrons. The first kappa shape index (κ1) is 58.5. The Kier molecular flexibility index (Phi) is 17.5. The van der Waals surface area contributed by atoms with Crippen molar-refractivity contribution in [1.29, 1.82) is 0 Å². The van der Waals surface area contributed by atoms with E-state index in [2.05, 4.69) is 40.0 Å². The quantitative estimate of drug-likeness (QED) is 0.0721. The first-order valence-corrected chi connectivity index (χ1v) is 28.6. The van der Waals surface area contributed by atoms with Gasteiger partial charge in [0.1, 0.15) is 32.8 Å². The first-order chi connectivity index (χ1) is 39.1. The van der Waals surface area contributed by atoms with E-state index in [1.807, 2.05) is 0 Å². The standard InChI is InChI=1S/2C27H25ClFN5O6S/c2*1-15(25(35)32-19-12-40-13-19)11-34-14-31-22-5-3-16(7-20(22)27(34)36)17-8-23(26(39-2)30-10-17)33-41(37,38)24-6-4-18(29)9-21(24)28/h2*3-10,14-15,19,33H,11-13H2,1-2H3,(H,32,35)/t2*15-/m10/s1. The van der Waals surface area contributed by atoms with Crippen LogP contribution in [0.1, 0.15) is 13.8 Å². The fraction of sp³-hybridized carbons (Fsp3) is 0.259. The number of carbonyl (C=O) groups is 2. The van der Waals surface area contributed by atoms with Crippen molar-refractivity contribution >= 4 is 88.2 Å². The summed E-state index contributed by atoms with van der Waals surface area (Å²) in [7, 11) is -5.81. The third kappa shape index (κ3) is 13.1. The van der Waals surface area contributed by atoms with Crippen LogP contribution in [-0.2, 0) is 52.2 Å². The summed E-state index contributed by atoms with van der Waals surface area (Å²) in [6, 6.07) is 18.8. The number of hydrogen-bond acceptors (Lipinski definition) is 16. The van der Waals surface area contributed by atoms with Gasteiger partial charge in [0.05, 0.1) is 109 Å². The van der Waals surface area contributed by atoms with Gasteiger partial charge in [-0.3, -0.25) is 37.8 Å². The van der Waals surface area contributed by atoms with Gasteiger partial charge in [-0.2, -0.15) is 0 Å². The SMILES string of the molecule is COc1ncc(-c2ccc3ncn(C[C@@H](C)C(=O)NC4COC4)c(=O)c3c2)cc1NS(=O)(=O)c1ccc(F)cc1Cl.COc1ncc(-c2ccc3ncn(C[C@H](C)C(=O)NC4COC4)c(=O)c3c2)cc1NS(=O)(=O)c1ccc(F)cc1Cl. The lowest BCUT2D eigenvalue weighted by Crippen LogP contribution is -2.50. The Hall–Kier alpha value is -8.14. The summed E-state index contributed by atoms with van der Waals surface area (Å²) in [5.41, 5.74) is 2.30. The van der Waals surface area contributed by atoms with Crippen LogP contribution >= 0.6 is 23.2 Å². The Bertz CT molecular complexity index is 3890. The smallest absolute Gasteiger partial charge is 0.263 e. The molecule has 6 heterocycles. The molecule has 0 spiro atoms. The lowest BCUT2D eigenvalue weighted by atomic mass is 10.0. The van der Waals surface area contributed by atoms with Crippen LogP contribution < -0.4 is 40.7 Å². The van der Waals surface area contributed by atoms with Gasteiger partial charge in [-0.05, 0) is 83.9 Å². The molecular formula is C54H50Cl2F2N10O12S2. The average Bonchev–Trinajstić information content (AvgIpc) is 3.62. The van der Waals surface area contributed by atoms with Crippen molar-refractivity contribution in [2.45, 2.75) is 48.8 Å². The van der Waals surface area contributed by atoms with Crippen LogP contribution in [0, 0.1) is 23.5 Å². The number of ether oxygens (including phenoxy) is 4. The highest BCUT2D eigenvalue weighted by Gasteiger charge is 2.27. The summed E-state index contributed by atoms with van der Waals surface area (Å²) in [4.78, 5) is 68.1. The second-order valence-electron chi connectivity index (χ2n) is 19.1. The molecule has 0 aliphatic carbocycles. The van der Waals surface area contributed by atoms with Crippen molar-refractivity contribution < 1.29 is 54.2 Å². The monoisotopic (exact) mass is 1200 g/mol. The highest BCUT2D eigenvalue weighted by atomic mass is 35.5. The Balaban J connectivity index is 0.000000198. The lowest BCUT2D eigenvalue weighted by molar-refractivity contribution is -0.129. The zero-order valence-corrected chi connectivity index (χ0v) is 47.0. The zero-order chi connectivity index (χ0) is 58.6. The van der Waals surface area contributed by atoms with Gasteiger partial charge in [-0.1, -0.05) is 49.2 Å². The van der Waals surface area contributed by atoms with Crippen LogP contribution in [0.3, 0.4) is 0 Å². The highest BCUT2D eigenvalue weighted by molar-refractivity contribution is 7.93. The molecule has 4 N–H and O–H groups in total. The van der Waals surface area contributed by atoms with Crippen LogP contribution in [-0.4, -0.2) is 110 Å². The number of sulfonamides is 2. The Labute approximate surface area is 476 Å². The largest absolute Gasteiger partial charge is 0.480 e. The molecule has 22 nitrogen and oxygen atoms in total. The molecule has 8 aromatic rings. The minimum atomic E-state index is -4.24. The molecule has 0 unspecified atom stereocenters. The topological polar surface area (TPSA) is 283 Å². The third-order valence-corrected chi connectivity index (χ3v) is 16.8. The van der Waals surface area contributed by atoms with Crippen LogP contribution in [0.2, 0.25) is 10.0 Å². The first-order valence-electron chi connectivity index (χ1n) is 24.9. The lowest BCUT2D eigenvalue weighted by Gasteiger charge is -2.28. The maximum absolute atomic E-state index is 13.5. The molecule has 2 fully saturated rings. The van der Waals surface area contributed by atoms with E-state index in [0.29, 0.717) is 70.5 Å². The van der Waals surface area contributed by atoms with E-state index in [0.717, 1.165) is 36.4 Å². The molecule has 0 saturated carbocycles. The molecule has 2 atom stereocenters. The van der Waals surface area contributed by atoms with Gasteiger partial charge >= 0.3 is 0 Å². The van der Waals surface area contributed by atoms with Gasteiger partial charge in [-0.15, -0.1) is 0 Å². The number of hydrogen-bond donors (Lipinski definition) is 4. The number of aromatic nitrogens is 6. The maximum atomic E-state index is 13.5. The zero-order valence-electron chi connectivity index (χ0n) is 43.9. The van der Waals surface area contributed by atoms with Gasteiger partial charge in [0.25, 0.3) is 31.2 Å². The number of nitrogens with one attached hydrogen (secondary N) is 4. The Morgan fingerprint density at radius 2 is 0.988 bits per heavy atom. The third-order valence-electron chi connectivity index (χ3n) is 13.1. The molecule has 10 rings (SSSR count). The summed E-state index contributed by atoms with van der Waals surface area (Å²) >= 11 is 11.9. The fourth-order valence-corrected chi connectivity index (χ4v) is 11.7. The molecule has 2 saturated heterocycles. The number of benzene rings is 4. The van der Waals surface area contributed by atoms with E-state index in [-0.39, 0.29) is 91.1 Å². The highest BCUT2D eigenvalue weighted by Crippen LogP contribution is 2.35. The van der Waals surface area contributed by atoms with Gasteiger partial charge in [0, 0.05) is 36.6 Å². The summed E-state index contributed by atoms with van der Waals surface area (Å²) < 4.78 is 107. The van der Waals surface area contributed by atoms with E-state index in [1.165, 1.54) is 60.5 Å². The second-order valence-corrected chi connectivity index (χ2v) is 23.2. The molecular weight excluding hydrogens is 1150 g/mol. The van der Waals surface area contributed by atoms with Crippen LogP contribution in [0.25, 0.3) is 44.1 Å². The minimum Gasteiger partial charge on any atom is -0.480 e. The van der Waals surface area contributed by atoms with Crippen molar-refractivity contribution in [3.63, 3.8) is 0 Å². The number of methoxy groups -OCH3 is 2. The van der Waals surface area contributed by atoms with Crippen molar-refractivity contribution in [3.05, 3.63) is 152 Å². The van der Waals surface area contributed by atoms with Crippen molar-refractivity contribution in [2.24, 2.45) is 11.8 Å². The number of nitrogens with zero attached hydrogens (tertiary/aromatic N) is 6. The van der Waals surface area contributed by atoms with E-state index >= 15 is 0 Å². The Morgan fingerprint density at radius 3 is 1.33 bits per heavy atom. The van der Waals surface area contributed by atoms with E-state index in [4.69, 9.17) is 42.1 Å². The minimum absolute atomic E-state index is 0.00536. The maximum Gasteiger partial charge on any atom is 0.263 e. The summed E-state index contributed by atoms with van der Waals surface area (Å²) in [5.74, 6) is -2.70. The van der Waals surface area contributed by atoms with Gasteiger partial charge in [0.2, 0.25) is 23.6 Å².